The van der Waals surface area contributed by atoms with Gasteiger partial charge in [-0.3, -0.25) is 25.1 Å². The Morgan fingerprint density at radius 2 is 1.69 bits per heavy atom. The molecule has 1 fully saturated rings. The predicted molar refractivity (Wildman–Crippen MR) is 129 cm³/mol. The van der Waals surface area contributed by atoms with Crippen molar-refractivity contribution in [3.05, 3.63) is 70.3 Å². The van der Waals surface area contributed by atoms with Gasteiger partial charge in [0, 0.05) is 24.5 Å². The van der Waals surface area contributed by atoms with Crippen LogP contribution in [0.4, 0.5) is 11.4 Å². The number of anilines is 1. The second-order valence-electron chi connectivity index (χ2n) is 8.45. The van der Waals surface area contributed by atoms with Crippen LogP contribution in [0, 0.1) is 22.0 Å². The van der Waals surface area contributed by atoms with Crippen molar-refractivity contribution in [1.82, 2.24) is 0 Å². The highest BCUT2D eigenvalue weighted by Gasteiger charge is 2.56. The van der Waals surface area contributed by atoms with Crippen molar-refractivity contribution >= 4 is 29.0 Å². The number of benzene rings is 2. The molecule has 1 saturated carbocycles. The van der Waals surface area contributed by atoms with Gasteiger partial charge in [-0.2, -0.15) is 5.10 Å². The van der Waals surface area contributed by atoms with Crippen LogP contribution in [0.25, 0.3) is 0 Å². The molecule has 0 radical (unpaired) electrons. The van der Waals surface area contributed by atoms with Crippen LogP contribution in [0.2, 0.25) is 0 Å². The van der Waals surface area contributed by atoms with Crippen LogP contribution in [0.3, 0.4) is 0 Å². The van der Waals surface area contributed by atoms with Crippen molar-refractivity contribution in [3.8, 4) is 0 Å². The normalized spacial score (nSPS) is 25.0. The average Bonchev–Trinajstić information content (AvgIpc) is 2.82. The fourth-order valence-corrected chi connectivity index (χ4v) is 4.48. The Morgan fingerprint density at radius 1 is 1.09 bits per heavy atom. The lowest BCUT2D eigenvalue weighted by atomic mass is 9.61. The summed E-state index contributed by atoms with van der Waals surface area (Å²) < 4.78 is 10.6. The number of aliphatic hydroxyl groups is 1. The molecule has 0 spiro atoms. The van der Waals surface area contributed by atoms with E-state index in [1.165, 1.54) is 31.2 Å². The lowest BCUT2D eigenvalue weighted by Crippen LogP contribution is -2.55. The SMILES string of the molecule is CCOC(=O)[C@H]1/C(=N/Nc2ccc([N+](=O)[O-])cc2)C[C@](C)(O)[C@@H](C(=O)OCC)[C@H]1c1ccccc1. The fourth-order valence-electron chi connectivity index (χ4n) is 4.48. The number of hydrazone groups is 1. The number of nitro benzene ring substituents is 1. The zero-order valence-corrected chi connectivity index (χ0v) is 19.8. The number of rotatable bonds is 8. The molecule has 186 valence electrons. The van der Waals surface area contributed by atoms with Crippen molar-refractivity contribution in [2.75, 3.05) is 18.6 Å². The zero-order valence-electron chi connectivity index (χ0n) is 19.8. The fraction of sp³-hybridized carbons (Fsp3) is 0.400. The second-order valence-corrected chi connectivity index (χ2v) is 8.45. The second kappa shape index (κ2) is 11.1. The van der Waals surface area contributed by atoms with Gasteiger partial charge in [0.05, 0.1) is 41.1 Å². The summed E-state index contributed by atoms with van der Waals surface area (Å²) >= 11 is 0. The highest BCUT2D eigenvalue weighted by Crippen LogP contribution is 2.47. The van der Waals surface area contributed by atoms with Crippen LogP contribution in [0.5, 0.6) is 0 Å². The third kappa shape index (κ3) is 5.83. The van der Waals surface area contributed by atoms with Gasteiger partial charge in [-0.05, 0) is 38.5 Å². The molecule has 10 heteroatoms. The Kier molecular flexibility index (Phi) is 8.18. The van der Waals surface area contributed by atoms with Gasteiger partial charge in [0.2, 0.25) is 0 Å². The maximum absolute atomic E-state index is 13.2. The predicted octanol–water partition coefficient (Wildman–Crippen LogP) is 3.66. The van der Waals surface area contributed by atoms with Gasteiger partial charge in [-0.25, -0.2) is 0 Å². The molecule has 0 saturated heterocycles. The summed E-state index contributed by atoms with van der Waals surface area (Å²) in [6.07, 6.45) is -0.0940. The van der Waals surface area contributed by atoms with Crippen molar-refractivity contribution in [2.24, 2.45) is 16.9 Å². The van der Waals surface area contributed by atoms with Crippen LogP contribution in [0.15, 0.2) is 59.7 Å². The van der Waals surface area contributed by atoms with Crippen LogP contribution in [-0.2, 0) is 19.1 Å². The number of ether oxygens (including phenoxy) is 2. The van der Waals surface area contributed by atoms with Crippen LogP contribution < -0.4 is 5.43 Å². The number of esters is 2. The summed E-state index contributed by atoms with van der Waals surface area (Å²) in [4.78, 5) is 36.7. The quantitative estimate of drug-likeness (QED) is 0.329. The minimum absolute atomic E-state index is 0.0744. The number of non-ortho nitro benzene ring substituents is 1. The molecule has 3 rings (SSSR count). The highest BCUT2D eigenvalue weighted by atomic mass is 16.6. The van der Waals surface area contributed by atoms with Gasteiger partial charge in [-0.1, -0.05) is 30.3 Å². The molecular weight excluding hydrogens is 454 g/mol. The van der Waals surface area contributed by atoms with E-state index >= 15 is 0 Å². The molecule has 0 heterocycles. The Bertz CT molecular complexity index is 1080. The van der Waals surface area contributed by atoms with Gasteiger partial charge < -0.3 is 14.6 Å². The summed E-state index contributed by atoms with van der Waals surface area (Å²) in [5, 5.41) is 26.7. The summed E-state index contributed by atoms with van der Waals surface area (Å²) in [6.45, 7) is 5.13. The molecule has 0 aromatic heterocycles. The molecule has 1 aliphatic carbocycles. The maximum atomic E-state index is 13.2. The van der Waals surface area contributed by atoms with Gasteiger partial charge in [0.25, 0.3) is 5.69 Å². The smallest absolute Gasteiger partial charge is 0.315 e. The van der Waals surface area contributed by atoms with E-state index in [9.17, 15) is 24.8 Å². The molecule has 0 unspecified atom stereocenters. The number of nitrogens with one attached hydrogen (secondary N) is 1. The first-order valence-electron chi connectivity index (χ1n) is 11.4. The minimum Gasteiger partial charge on any atom is -0.466 e. The Hall–Kier alpha value is -3.79. The molecule has 0 aliphatic heterocycles. The summed E-state index contributed by atoms with van der Waals surface area (Å²) in [5.41, 5.74) is 2.57. The minimum atomic E-state index is -1.58. The Labute approximate surface area is 203 Å². The van der Waals surface area contributed by atoms with E-state index in [-0.39, 0.29) is 25.3 Å². The molecular formula is C25H29N3O7. The number of hydrogen-bond acceptors (Lipinski definition) is 9. The van der Waals surface area contributed by atoms with E-state index < -0.39 is 40.2 Å². The first-order chi connectivity index (χ1) is 16.7. The molecule has 4 atom stereocenters. The Morgan fingerprint density at radius 3 is 2.26 bits per heavy atom. The van der Waals surface area contributed by atoms with E-state index in [0.717, 1.165) is 0 Å². The number of carbonyl (C=O) groups excluding carboxylic acids is 2. The Balaban J connectivity index is 2.09. The zero-order chi connectivity index (χ0) is 25.6. The van der Waals surface area contributed by atoms with Crippen molar-refractivity contribution in [3.63, 3.8) is 0 Å². The first-order valence-corrected chi connectivity index (χ1v) is 11.4. The van der Waals surface area contributed by atoms with Gasteiger partial charge in [-0.15, -0.1) is 0 Å². The molecule has 1 aliphatic rings. The largest absolute Gasteiger partial charge is 0.466 e. The van der Waals surface area contributed by atoms with E-state index in [1.54, 1.807) is 38.1 Å². The lowest BCUT2D eigenvalue weighted by Gasteiger charge is -2.45. The summed E-state index contributed by atoms with van der Waals surface area (Å²) in [6, 6.07) is 14.6. The van der Waals surface area contributed by atoms with Gasteiger partial charge in [0.15, 0.2) is 0 Å². The van der Waals surface area contributed by atoms with E-state index in [1.807, 2.05) is 6.07 Å². The third-order valence-electron chi connectivity index (χ3n) is 5.96. The van der Waals surface area contributed by atoms with Gasteiger partial charge >= 0.3 is 11.9 Å². The topological polar surface area (TPSA) is 140 Å². The molecule has 35 heavy (non-hydrogen) atoms. The molecule has 2 aromatic carbocycles. The molecule has 0 bridgehead atoms. The third-order valence-corrected chi connectivity index (χ3v) is 5.96. The molecule has 2 N–H and O–H groups in total. The molecule has 0 amide bonds. The molecule has 10 nitrogen and oxygen atoms in total. The van der Waals surface area contributed by atoms with Crippen molar-refractivity contribution in [2.45, 2.75) is 38.7 Å². The average molecular weight is 484 g/mol. The lowest BCUT2D eigenvalue weighted by molar-refractivity contribution is -0.384. The van der Waals surface area contributed by atoms with E-state index in [4.69, 9.17) is 9.47 Å². The first kappa shape index (κ1) is 25.8. The van der Waals surface area contributed by atoms with E-state index in [0.29, 0.717) is 17.0 Å². The summed E-state index contributed by atoms with van der Waals surface area (Å²) in [5.74, 6) is -4.00. The van der Waals surface area contributed by atoms with Crippen LogP contribution in [-0.4, -0.2) is 46.5 Å². The van der Waals surface area contributed by atoms with Crippen molar-refractivity contribution in [1.29, 1.82) is 0 Å². The highest BCUT2D eigenvalue weighted by molar-refractivity contribution is 6.06. The van der Waals surface area contributed by atoms with Crippen LogP contribution in [0.1, 0.15) is 38.7 Å². The number of carbonyl (C=O) groups is 2. The maximum Gasteiger partial charge on any atom is 0.315 e. The summed E-state index contributed by atoms with van der Waals surface area (Å²) in [7, 11) is 0. The number of nitrogens with zero attached hydrogens (tertiary/aromatic N) is 2. The monoisotopic (exact) mass is 483 g/mol. The molecule has 2 aromatic rings. The number of nitro groups is 1. The van der Waals surface area contributed by atoms with Crippen LogP contribution >= 0.6 is 0 Å². The standard InChI is InChI=1S/C25H29N3O7/c1-4-34-23(29)21-19(27-26-17-11-13-18(14-12-17)28(32)33)15-25(3,31)22(24(30)35-5-2)20(21)16-9-7-6-8-10-16/h6-14,20-22,26,31H,4-5,15H2,1-3H3/b27-19+/t20-,21-,22+,25-/m0/s1. The van der Waals surface area contributed by atoms with Gasteiger partial charge in [0.1, 0.15) is 5.92 Å². The van der Waals surface area contributed by atoms with E-state index in [2.05, 4.69) is 10.5 Å². The van der Waals surface area contributed by atoms with Crippen molar-refractivity contribution < 1.29 is 29.1 Å². The number of hydrogen-bond donors (Lipinski definition) is 2.